The van der Waals surface area contributed by atoms with Gasteiger partial charge in [0.15, 0.2) is 0 Å². The number of ether oxygens (including phenoxy) is 1. The third-order valence-electron chi connectivity index (χ3n) is 3.41. The van der Waals surface area contributed by atoms with Gasteiger partial charge in [0, 0.05) is 6.42 Å². The quantitative estimate of drug-likeness (QED) is 0.797. The first-order valence-electron chi connectivity index (χ1n) is 7.83. The summed E-state index contributed by atoms with van der Waals surface area (Å²) in [5, 5.41) is 0. The zero-order valence-corrected chi connectivity index (χ0v) is 14.4. The molecule has 0 heterocycles. The number of carbonyl (C=O) groups is 1. The second-order valence-electron chi connectivity index (χ2n) is 5.27. The molecule has 128 valence electrons. The summed E-state index contributed by atoms with van der Waals surface area (Å²) in [4.78, 5) is 11.9. The van der Waals surface area contributed by atoms with Crippen LogP contribution in [0.15, 0.2) is 59.5 Å². The second-order valence-corrected chi connectivity index (χ2v) is 6.95. The molecule has 0 aliphatic rings. The molecule has 2 rings (SSSR count). The number of aryl methyl sites for hydroxylation is 1. The lowest BCUT2D eigenvalue weighted by Gasteiger charge is -2.08. The molecule has 1 amide bonds. The van der Waals surface area contributed by atoms with Crippen LogP contribution in [0.3, 0.4) is 0 Å². The van der Waals surface area contributed by atoms with Gasteiger partial charge in [-0.1, -0.05) is 30.3 Å². The van der Waals surface area contributed by atoms with Gasteiger partial charge in [-0.25, -0.2) is 13.1 Å². The predicted molar refractivity (Wildman–Crippen MR) is 92.3 cm³/mol. The standard InChI is InChI=1S/C18H21NO4S/c1-2-23-16-11-13-17(14-12-16)24(21,22)19-18(20)10-6-9-15-7-4-3-5-8-15/h3-5,7-8,11-14H,2,6,9-10H2,1H3,(H,19,20). The van der Waals surface area contributed by atoms with Crippen molar-refractivity contribution in [3.63, 3.8) is 0 Å². The van der Waals surface area contributed by atoms with Gasteiger partial charge in [-0.05, 0) is 49.6 Å². The van der Waals surface area contributed by atoms with Crippen LogP contribution in [0, 0.1) is 0 Å². The van der Waals surface area contributed by atoms with Crippen molar-refractivity contribution in [1.82, 2.24) is 4.72 Å². The molecule has 2 aromatic rings. The largest absolute Gasteiger partial charge is 0.494 e. The average Bonchev–Trinajstić information content (AvgIpc) is 2.56. The van der Waals surface area contributed by atoms with Crippen molar-refractivity contribution in [2.24, 2.45) is 0 Å². The lowest BCUT2D eigenvalue weighted by atomic mass is 10.1. The Morgan fingerprint density at radius 1 is 1.04 bits per heavy atom. The Kier molecular flexibility index (Phi) is 6.37. The highest BCUT2D eigenvalue weighted by molar-refractivity contribution is 7.90. The third kappa shape index (κ3) is 5.38. The number of amides is 1. The molecule has 0 fully saturated rings. The molecule has 1 N–H and O–H groups in total. The van der Waals surface area contributed by atoms with E-state index in [0.717, 1.165) is 12.0 Å². The molecule has 0 spiro atoms. The first kappa shape index (κ1) is 18.0. The van der Waals surface area contributed by atoms with Crippen molar-refractivity contribution < 1.29 is 17.9 Å². The van der Waals surface area contributed by atoms with Gasteiger partial charge in [0.2, 0.25) is 5.91 Å². The fraction of sp³-hybridized carbons (Fsp3) is 0.278. The fourth-order valence-electron chi connectivity index (χ4n) is 2.24. The fourth-order valence-corrected chi connectivity index (χ4v) is 3.25. The lowest BCUT2D eigenvalue weighted by Crippen LogP contribution is -2.30. The Bertz CT molecular complexity index is 755. The summed E-state index contributed by atoms with van der Waals surface area (Å²) < 4.78 is 31.7. The molecular weight excluding hydrogens is 326 g/mol. The summed E-state index contributed by atoms with van der Waals surface area (Å²) in [7, 11) is -3.84. The van der Waals surface area contributed by atoms with Gasteiger partial charge in [-0.2, -0.15) is 0 Å². The summed E-state index contributed by atoms with van der Waals surface area (Å²) in [6, 6.07) is 15.7. The van der Waals surface area contributed by atoms with E-state index in [1.54, 1.807) is 12.1 Å². The van der Waals surface area contributed by atoms with E-state index in [1.807, 2.05) is 37.3 Å². The maximum Gasteiger partial charge on any atom is 0.264 e. The van der Waals surface area contributed by atoms with Gasteiger partial charge < -0.3 is 4.74 Å². The number of nitrogens with one attached hydrogen (secondary N) is 1. The zero-order valence-electron chi connectivity index (χ0n) is 13.6. The summed E-state index contributed by atoms with van der Waals surface area (Å²) >= 11 is 0. The highest BCUT2D eigenvalue weighted by Gasteiger charge is 2.17. The van der Waals surface area contributed by atoms with E-state index < -0.39 is 15.9 Å². The molecule has 0 radical (unpaired) electrons. The number of rotatable bonds is 8. The van der Waals surface area contributed by atoms with E-state index in [1.165, 1.54) is 12.1 Å². The molecule has 2 aromatic carbocycles. The molecule has 0 unspecified atom stereocenters. The van der Waals surface area contributed by atoms with Gasteiger partial charge in [0.05, 0.1) is 11.5 Å². The van der Waals surface area contributed by atoms with Crippen LogP contribution in [-0.4, -0.2) is 20.9 Å². The van der Waals surface area contributed by atoms with E-state index in [9.17, 15) is 13.2 Å². The second kappa shape index (κ2) is 8.49. The first-order valence-corrected chi connectivity index (χ1v) is 9.32. The SMILES string of the molecule is CCOc1ccc(S(=O)(=O)NC(=O)CCCc2ccccc2)cc1. The van der Waals surface area contributed by atoms with Gasteiger partial charge in [0.1, 0.15) is 5.75 Å². The van der Waals surface area contributed by atoms with Crippen molar-refractivity contribution in [2.45, 2.75) is 31.1 Å². The van der Waals surface area contributed by atoms with Crippen molar-refractivity contribution in [3.05, 3.63) is 60.2 Å². The number of carbonyl (C=O) groups excluding carboxylic acids is 1. The first-order chi connectivity index (χ1) is 11.5. The predicted octanol–water partition coefficient (Wildman–Crippen LogP) is 2.91. The summed E-state index contributed by atoms with van der Waals surface area (Å²) in [5.41, 5.74) is 1.12. The van der Waals surface area contributed by atoms with Crippen LogP contribution in [0.1, 0.15) is 25.3 Å². The lowest BCUT2D eigenvalue weighted by molar-refractivity contribution is -0.119. The molecule has 0 saturated heterocycles. The minimum atomic E-state index is -3.84. The van der Waals surface area contributed by atoms with Crippen molar-refractivity contribution >= 4 is 15.9 Å². The number of hydrogen-bond donors (Lipinski definition) is 1. The van der Waals surface area contributed by atoms with Crippen molar-refractivity contribution in [1.29, 1.82) is 0 Å². The molecule has 6 heteroatoms. The topological polar surface area (TPSA) is 72.5 Å². The minimum Gasteiger partial charge on any atom is -0.494 e. The molecule has 0 atom stereocenters. The molecule has 24 heavy (non-hydrogen) atoms. The summed E-state index contributed by atoms with van der Waals surface area (Å²) in [6.07, 6.45) is 1.48. The Balaban J connectivity index is 1.87. The van der Waals surface area contributed by atoms with Crippen LogP contribution in [-0.2, 0) is 21.2 Å². The monoisotopic (exact) mass is 347 g/mol. The van der Waals surface area contributed by atoms with Crippen LogP contribution in [0.5, 0.6) is 5.75 Å². The van der Waals surface area contributed by atoms with Crippen LogP contribution >= 0.6 is 0 Å². The van der Waals surface area contributed by atoms with Gasteiger partial charge in [0.25, 0.3) is 10.0 Å². The molecule has 0 aromatic heterocycles. The van der Waals surface area contributed by atoms with E-state index in [4.69, 9.17) is 4.74 Å². The van der Waals surface area contributed by atoms with Crippen molar-refractivity contribution in [2.75, 3.05) is 6.61 Å². The van der Waals surface area contributed by atoms with Crippen LogP contribution in [0.4, 0.5) is 0 Å². The molecule has 5 nitrogen and oxygen atoms in total. The number of benzene rings is 2. The van der Waals surface area contributed by atoms with Gasteiger partial charge in [-0.15, -0.1) is 0 Å². The summed E-state index contributed by atoms with van der Waals surface area (Å²) in [6.45, 7) is 2.35. The van der Waals surface area contributed by atoms with Crippen molar-refractivity contribution in [3.8, 4) is 5.75 Å². The van der Waals surface area contributed by atoms with Gasteiger partial charge in [-0.3, -0.25) is 4.79 Å². The third-order valence-corrected chi connectivity index (χ3v) is 4.79. The van der Waals surface area contributed by atoms with E-state index >= 15 is 0 Å². The summed E-state index contributed by atoms with van der Waals surface area (Å²) in [5.74, 6) is 0.0884. The Labute approximate surface area is 142 Å². The molecule has 0 aliphatic heterocycles. The Hall–Kier alpha value is -2.34. The van der Waals surface area contributed by atoms with E-state index in [0.29, 0.717) is 18.8 Å². The number of sulfonamides is 1. The van der Waals surface area contributed by atoms with Gasteiger partial charge >= 0.3 is 0 Å². The highest BCUT2D eigenvalue weighted by Crippen LogP contribution is 2.16. The average molecular weight is 347 g/mol. The zero-order chi connectivity index (χ0) is 17.4. The molecular formula is C18H21NO4S. The normalized spacial score (nSPS) is 11.0. The van der Waals surface area contributed by atoms with Crippen LogP contribution < -0.4 is 9.46 Å². The van der Waals surface area contributed by atoms with Crippen LogP contribution in [0.2, 0.25) is 0 Å². The van der Waals surface area contributed by atoms with E-state index in [-0.39, 0.29) is 11.3 Å². The maximum absolute atomic E-state index is 12.2. The Morgan fingerprint density at radius 2 is 1.71 bits per heavy atom. The number of hydrogen-bond acceptors (Lipinski definition) is 4. The smallest absolute Gasteiger partial charge is 0.264 e. The maximum atomic E-state index is 12.2. The Morgan fingerprint density at radius 3 is 2.33 bits per heavy atom. The highest BCUT2D eigenvalue weighted by atomic mass is 32.2. The van der Waals surface area contributed by atoms with Crippen LogP contribution in [0.25, 0.3) is 0 Å². The van der Waals surface area contributed by atoms with E-state index in [2.05, 4.69) is 4.72 Å². The molecule has 0 bridgehead atoms. The molecule has 0 saturated carbocycles. The molecule has 0 aliphatic carbocycles. The minimum absolute atomic E-state index is 0.0439.